The van der Waals surface area contributed by atoms with Crippen LogP contribution in [0.2, 0.25) is 0 Å². The van der Waals surface area contributed by atoms with Gasteiger partial charge >= 0.3 is 18.3 Å². The molecule has 0 saturated carbocycles. The number of alkyl halides is 6. The van der Waals surface area contributed by atoms with Crippen molar-refractivity contribution in [3.8, 4) is 5.75 Å². The van der Waals surface area contributed by atoms with Crippen LogP contribution < -0.4 is 4.74 Å². The topological polar surface area (TPSA) is 65.1 Å². The van der Waals surface area contributed by atoms with Crippen molar-refractivity contribution < 1.29 is 41.0 Å². The van der Waals surface area contributed by atoms with Crippen molar-refractivity contribution >= 4 is 17.5 Å². The number of carboxylic acids is 1. The lowest BCUT2D eigenvalue weighted by Crippen LogP contribution is -2.39. The number of guanidine groups is 1. The number of rotatable bonds is 9. The molecule has 1 atom stereocenters. The van der Waals surface area contributed by atoms with Crippen molar-refractivity contribution in [2.24, 2.45) is 4.99 Å². The summed E-state index contributed by atoms with van der Waals surface area (Å²) in [4.78, 5) is 19.9. The molecule has 2 aliphatic heterocycles. The van der Waals surface area contributed by atoms with Gasteiger partial charge in [-0.05, 0) is 73.4 Å². The fourth-order valence-electron chi connectivity index (χ4n) is 4.92. The minimum absolute atomic E-state index is 0.171. The first kappa shape index (κ1) is 31.0. The number of carbonyl (C=O) groups is 1. The van der Waals surface area contributed by atoms with Crippen LogP contribution in [0.3, 0.4) is 0 Å². The molecule has 3 aromatic rings. The number of benzene rings is 3. The summed E-state index contributed by atoms with van der Waals surface area (Å²) in [5.74, 6) is -0.139. The van der Waals surface area contributed by atoms with E-state index in [-0.39, 0.29) is 12.6 Å². The van der Waals surface area contributed by atoms with Gasteiger partial charge in [-0.1, -0.05) is 36.4 Å². The third-order valence-electron chi connectivity index (χ3n) is 7.49. The molecule has 1 saturated heterocycles. The Labute approximate surface area is 249 Å². The first-order valence-corrected chi connectivity index (χ1v) is 13.8. The lowest BCUT2D eigenvalue weighted by molar-refractivity contribution is -0.152. The zero-order valence-electron chi connectivity index (χ0n) is 23.8. The Kier molecular flexibility index (Phi) is 8.13. The van der Waals surface area contributed by atoms with Crippen molar-refractivity contribution in [1.82, 2.24) is 9.80 Å². The number of hydrogen-bond acceptors (Lipinski definition) is 5. The summed E-state index contributed by atoms with van der Waals surface area (Å²) in [5, 5.41) is 9.30. The van der Waals surface area contributed by atoms with Gasteiger partial charge in [0.05, 0.1) is 17.2 Å². The van der Waals surface area contributed by atoms with E-state index in [2.05, 4.69) is 4.99 Å². The van der Waals surface area contributed by atoms with Crippen molar-refractivity contribution in [3.63, 3.8) is 0 Å². The Bertz CT molecular complexity index is 1580. The van der Waals surface area contributed by atoms with Crippen molar-refractivity contribution in [2.75, 3.05) is 13.1 Å². The van der Waals surface area contributed by atoms with E-state index in [1.165, 1.54) is 32.0 Å². The Morgan fingerprint density at radius 1 is 0.932 bits per heavy atom. The quantitative estimate of drug-likeness (QED) is 0.205. The lowest BCUT2D eigenvalue weighted by Gasteiger charge is -2.29. The van der Waals surface area contributed by atoms with Gasteiger partial charge in [-0.25, -0.2) is 9.79 Å². The maximum atomic E-state index is 13.3. The molecule has 0 bridgehead atoms. The van der Waals surface area contributed by atoms with Crippen LogP contribution in [-0.4, -0.2) is 51.6 Å². The van der Waals surface area contributed by atoms with Crippen LogP contribution >= 0.6 is 0 Å². The van der Waals surface area contributed by atoms with E-state index in [0.717, 1.165) is 29.8 Å². The van der Waals surface area contributed by atoms with E-state index in [1.54, 1.807) is 36.5 Å². The van der Waals surface area contributed by atoms with Gasteiger partial charge in [0, 0.05) is 31.4 Å². The summed E-state index contributed by atoms with van der Waals surface area (Å²) < 4.78 is 84.8. The largest absolute Gasteiger partial charge is 0.478 e. The summed E-state index contributed by atoms with van der Waals surface area (Å²) in [5.41, 5.74) is -0.282. The second-order valence-corrected chi connectivity index (χ2v) is 11.2. The van der Waals surface area contributed by atoms with Gasteiger partial charge in [0.25, 0.3) is 0 Å². The minimum Gasteiger partial charge on any atom is -0.478 e. The van der Waals surface area contributed by atoms with E-state index in [9.17, 15) is 36.2 Å². The van der Waals surface area contributed by atoms with Crippen LogP contribution in [0, 0.1) is 0 Å². The highest BCUT2D eigenvalue weighted by Gasteiger charge is 2.44. The number of carboxylic acid groups (broad SMARTS) is 1. The number of aliphatic imine (C=N–C) groups is 1. The maximum Gasteiger partial charge on any atom is 0.416 e. The Hall–Kier alpha value is -4.48. The van der Waals surface area contributed by atoms with E-state index in [0.29, 0.717) is 47.9 Å². The lowest BCUT2D eigenvalue weighted by atomic mass is 10.0. The van der Waals surface area contributed by atoms with Crippen LogP contribution in [0.5, 0.6) is 5.75 Å². The predicted octanol–water partition coefficient (Wildman–Crippen LogP) is 7.11. The van der Waals surface area contributed by atoms with Gasteiger partial charge in [0.15, 0.2) is 5.60 Å². The van der Waals surface area contributed by atoms with Gasteiger partial charge in [0.1, 0.15) is 5.75 Å². The second-order valence-electron chi connectivity index (χ2n) is 11.2. The summed E-state index contributed by atoms with van der Waals surface area (Å²) in [7, 11) is 0. The Morgan fingerprint density at radius 3 is 2.18 bits per heavy atom. The highest BCUT2D eigenvalue weighted by Crippen LogP contribution is 2.39. The van der Waals surface area contributed by atoms with Crippen molar-refractivity contribution in [3.05, 3.63) is 107 Å². The molecular formula is C32H29F6N3O3. The highest BCUT2D eigenvalue weighted by molar-refractivity contribution is 5.91. The normalized spacial score (nSPS) is 16.5. The Balaban J connectivity index is 1.38. The first-order valence-electron chi connectivity index (χ1n) is 13.8. The molecule has 0 amide bonds. The molecule has 1 fully saturated rings. The number of halogens is 6. The van der Waals surface area contributed by atoms with Crippen molar-refractivity contribution in [2.45, 2.75) is 50.8 Å². The van der Waals surface area contributed by atoms with E-state index in [1.807, 2.05) is 9.80 Å². The molecule has 1 N–H and O–H groups in total. The van der Waals surface area contributed by atoms with Crippen LogP contribution in [0.4, 0.5) is 26.3 Å². The standard InChI is InChI=1S/C32H29F6N3O3/c1-30(2,28(42)43)44-25-12-8-20(9-13-25)14-15-40(18-21-6-10-23(11-7-21)31(33,34)35)29-39-17-26(27-19-41(27)29)22-4-3-5-24(16-22)32(36,37)38/h3-13,16-17,27H,14-15,18-19H2,1-2H3,(H,42,43). The van der Waals surface area contributed by atoms with E-state index < -0.39 is 35.0 Å². The van der Waals surface area contributed by atoms with Crippen molar-refractivity contribution in [1.29, 1.82) is 0 Å². The number of hydrogen-bond donors (Lipinski definition) is 1. The van der Waals surface area contributed by atoms with Gasteiger partial charge in [-0.2, -0.15) is 26.3 Å². The fourth-order valence-corrected chi connectivity index (χ4v) is 4.92. The minimum atomic E-state index is -4.47. The van der Waals surface area contributed by atoms with E-state index in [4.69, 9.17) is 4.74 Å². The molecule has 232 valence electrons. The van der Waals surface area contributed by atoms with Gasteiger partial charge < -0.3 is 19.6 Å². The first-order chi connectivity index (χ1) is 20.6. The molecule has 5 rings (SSSR count). The summed E-state index contributed by atoms with van der Waals surface area (Å²) in [6.45, 7) is 4.11. The number of nitrogens with zero attached hydrogens (tertiary/aromatic N) is 3. The summed E-state index contributed by atoms with van der Waals surface area (Å²) >= 11 is 0. The van der Waals surface area contributed by atoms with Crippen LogP contribution in [0.25, 0.3) is 5.57 Å². The second kappa shape index (κ2) is 11.5. The molecule has 6 nitrogen and oxygen atoms in total. The molecule has 0 aliphatic carbocycles. The number of ether oxygens (including phenoxy) is 1. The van der Waals surface area contributed by atoms with Crippen LogP contribution in [-0.2, 0) is 30.1 Å². The Morgan fingerprint density at radius 2 is 1.57 bits per heavy atom. The molecule has 1 unspecified atom stereocenters. The smallest absolute Gasteiger partial charge is 0.416 e. The highest BCUT2D eigenvalue weighted by atomic mass is 19.4. The average molecular weight is 618 g/mol. The molecule has 0 spiro atoms. The van der Waals surface area contributed by atoms with E-state index >= 15 is 0 Å². The molecule has 2 heterocycles. The van der Waals surface area contributed by atoms with Gasteiger partial charge in [0.2, 0.25) is 5.96 Å². The molecule has 0 aromatic heterocycles. The van der Waals surface area contributed by atoms with Gasteiger partial charge in [-0.15, -0.1) is 0 Å². The zero-order valence-corrected chi connectivity index (χ0v) is 23.8. The molecule has 0 radical (unpaired) electrons. The zero-order chi connectivity index (χ0) is 31.9. The molecular weight excluding hydrogens is 588 g/mol. The average Bonchev–Trinajstić information content (AvgIpc) is 3.76. The molecule has 12 heteroatoms. The molecule has 3 aromatic carbocycles. The third kappa shape index (κ3) is 7.00. The summed E-state index contributed by atoms with van der Waals surface area (Å²) in [6, 6.07) is 16.8. The number of fused-ring (bicyclic) bond motifs is 1. The fraction of sp³-hybridized carbons (Fsp3) is 0.312. The maximum absolute atomic E-state index is 13.3. The predicted molar refractivity (Wildman–Crippen MR) is 152 cm³/mol. The molecule has 44 heavy (non-hydrogen) atoms. The van der Waals surface area contributed by atoms with Crippen LogP contribution in [0.1, 0.15) is 41.7 Å². The SMILES string of the molecule is CC(C)(Oc1ccc(CCN(Cc2ccc(C(F)(F)F)cc2)C2=NC=C(c3cccc(C(F)(F)F)c3)C3CN23)cc1)C(=O)O. The third-order valence-corrected chi connectivity index (χ3v) is 7.49. The summed E-state index contributed by atoms with van der Waals surface area (Å²) in [6.07, 6.45) is -6.85. The van der Waals surface area contributed by atoms with Gasteiger partial charge in [-0.3, -0.25) is 0 Å². The van der Waals surface area contributed by atoms with Crippen LogP contribution in [0.15, 0.2) is 84.0 Å². The monoisotopic (exact) mass is 617 g/mol. The molecule has 2 aliphatic rings. The number of aliphatic carboxylic acids is 1.